The molecular weight excluding hydrogens is 390 g/mol. The average Bonchev–Trinajstić information content (AvgIpc) is 3.39. The van der Waals surface area contributed by atoms with Gasteiger partial charge in [0, 0.05) is 19.8 Å². The molecule has 0 N–H and O–H groups in total. The van der Waals surface area contributed by atoms with Crippen LogP contribution in [0.15, 0.2) is 29.9 Å². The summed E-state index contributed by atoms with van der Waals surface area (Å²) in [7, 11) is 1.76. The van der Waals surface area contributed by atoms with Crippen LogP contribution >= 0.6 is 11.3 Å². The molecule has 1 aliphatic heterocycles. The Morgan fingerprint density at radius 2 is 2.21 bits per heavy atom. The first-order valence-electron chi connectivity index (χ1n) is 9.42. The van der Waals surface area contributed by atoms with Crippen LogP contribution in [0.3, 0.4) is 0 Å². The quantitative estimate of drug-likeness (QED) is 0.639. The molecule has 3 aromatic rings. The van der Waals surface area contributed by atoms with E-state index in [4.69, 9.17) is 14.5 Å². The van der Waals surface area contributed by atoms with Crippen molar-refractivity contribution in [1.82, 2.24) is 24.6 Å². The lowest BCUT2D eigenvalue weighted by Gasteiger charge is -2.27. The van der Waals surface area contributed by atoms with Gasteiger partial charge in [0.1, 0.15) is 0 Å². The fourth-order valence-corrected chi connectivity index (χ4v) is 4.03. The molecule has 0 radical (unpaired) electrons. The van der Waals surface area contributed by atoms with E-state index >= 15 is 0 Å². The number of thiophene rings is 1. The van der Waals surface area contributed by atoms with Crippen LogP contribution in [0, 0.1) is 13.8 Å². The van der Waals surface area contributed by atoms with Crippen LogP contribution in [-0.4, -0.2) is 70.1 Å². The molecule has 1 fully saturated rings. The van der Waals surface area contributed by atoms with Gasteiger partial charge in [-0.15, -0.1) is 11.3 Å². The molecule has 0 saturated carbocycles. The van der Waals surface area contributed by atoms with E-state index < -0.39 is 0 Å². The van der Waals surface area contributed by atoms with Gasteiger partial charge in [-0.3, -0.25) is 4.79 Å². The number of hydrogen-bond donors (Lipinski definition) is 0. The Morgan fingerprint density at radius 1 is 1.34 bits per heavy atom. The number of aryl methyl sites for hydroxylation is 1. The van der Waals surface area contributed by atoms with Crippen molar-refractivity contribution in [1.29, 1.82) is 0 Å². The third kappa shape index (κ3) is 4.07. The third-order valence-electron chi connectivity index (χ3n) is 4.85. The van der Waals surface area contributed by atoms with Crippen molar-refractivity contribution in [2.24, 2.45) is 0 Å². The summed E-state index contributed by atoms with van der Waals surface area (Å²) in [6.45, 7) is 5.95. The highest BCUT2D eigenvalue weighted by molar-refractivity contribution is 7.13. The van der Waals surface area contributed by atoms with Crippen molar-refractivity contribution in [3.05, 3.63) is 46.7 Å². The molecule has 0 unspecified atom stereocenters. The van der Waals surface area contributed by atoms with Gasteiger partial charge in [0.15, 0.2) is 0 Å². The number of carbonyl (C=O) groups excluding carboxylic acids is 1. The van der Waals surface area contributed by atoms with Crippen LogP contribution in [0.25, 0.3) is 16.5 Å². The van der Waals surface area contributed by atoms with E-state index in [0.717, 1.165) is 16.1 Å². The smallest absolute Gasteiger partial charge is 0.257 e. The fraction of sp³-hybridized carbons (Fsp3) is 0.400. The zero-order chi connectivity index (χ0) is 20.4. The van der Waals surface area contributed by atoms with E-state index in [2.05, 4.69) is 10.1 Å². The second-order valence-corrected chi connectivity index (χ2v) is 7.94. The van der Waals surface area contributed by atoms with Gasteiger partial charge in [0.2, 0.25) is 0 Å². The van der Waals surface area contributed by atoms with Gasteiger partial charge in [0.05, 0.1) is 53.9 Å². The standard InChI is InChI=1S/C20H23N5O3S/c1-13-9-21-20(23-18(13)17-5-4-8-29-17)25-14(2)16(10-22-25)19(26)24(3)11-15-12-27-6-7-28-15/h4-5,8-10,15H,6-7,11-12H2,1-3H3/t15-/m0/s1. The topological polar surface area (TPSA) is 82.4 Å². The second-order valence-electron chi connectivity index (χ2n) is 6.99. The van der Waals surface area contributed by atoms with Gasteiger partial charge < -0.3 is 14.4 Å². The van der Waals surface area contributed by atoms with Crippen LogP contribution in [0.1, 0.15) is 21.6 Å². The first-order chi connectivity index (χ1) is 14.0. The lowest BCUT2D eigenvalue weighted by atomic mass is 10.2. The summed E-state index contributed by atoms with van der Waals surface area (Å²) in [6, 6.07) is 4.02. The van der Waals surface area contributed by atoms with Gasteiger partial charge in [-0.1, -0.05) is 6.07 Å². The summed E-state index contributed by atoms with van der Waals surface area (Å²) in [5.41, 5.74) is 3.08. The maximum Gasteiger partial charge on any atom is 0.257 e. The van der Waals surface area contributed by atoms with Crippen molar-refractivity contribution < 1.29 is 14.3 Å². The zero-order valence-electron chi connectivity index (χ0n) is 16.7. The number of nitrogens with zero attached hydrogens (tertiary/aromatic N) is 5. The Morgan fingerprint density at radius 3 is 2.93 bits per heavy atom. The number of aromatic nitrogens is 4. The molecule has 9 heteroatoms. The lowest BCUT2D eigenvalue weighted by Crippen LogP contribution is -2.40. The monoisotopic (exact) mass is 413 g/mol. The molecule has 4 rings (SSSR count). The number of hydrogen-bond acceptors (Lipinski definition) is 7. The van der Waals surface area contributed by atoms with Crippen molar-refractivity contribution in [2.75, 3.05) is 33.4 Å². The van der Waals surface area contributed by atoms with Crippen molar-refractivity contribution >= 4 is 17.2 Å². The van der Waals surface area contributed by atoms with Gasteiger partial charge in [-0.2, -0.15) is 5.10 Å². The predicted octanol–water partition coefficient (Wildman–Crippen LogP) is 2.50. The SMILES string of the molecule is Cc1cnc(-n2ncc(C(=O)N(C)C[C@H]3COCCO3)c2C)nc1-c1cccs1. The van der Waals surface area contributed by atoms with Crippen LogP contribution in [0.4, 0.5) is 0 Å². The minimum Gasteiger partial charge on any atom is -0.376 e. The number of amides is 1. The molecule has 152 valence electrons. The van der Waals surface area contributed by atoms with E-state index in [-0.39, 0.29) is 12.0 Å². The maximum atomic E-state index is 12.9. The first-order valence-corrected chi connectivity index (χ1v) is 10.3. The van der Waals surface area contributed by atoms with Gasteiger partial charge >= 0.3 is 0 Å². The zero-order valence-corrected chi connectivity index (χ0v) is 17.5. The van der Waals surface area contributed by atoms with Crippen LogP contribution in [0.5, 0.6) is 0 Å². The predicted molar refractivity (Wildman–Crippen MR) is 109 cm³/mol. The van der Waals surface area contributed by atoms with Crippen LogP contribution < -0.4 is 0 Å². The maximum absolute atomic E-state index is 12.9. The summed E-state index contributed by atoms with van der Waals surface area (Å²) >= 11 is 1.63. The third-order valence-corrected chi connectivity index (χ3v) is 5.73. The first kappa shape index (κ1) is 19.7. The summed E-state index contributed by atoms with van der Waals surface area (Å²) in [4.78, 5) is 24.8. The second kappa shape index (κ2) is 8.40. The summed E-state index contributed by atoms with van der Waals surface area (Å²) < 4.78 is 12.7. The normalized spacial score (nSPS) is 16.7. The number of likely N-dealkylation sites (N-methyl/N-ethyl adjacent to an activating group) is 1. The summed E-state index contributed by atoms with van der Waals surface area (Å²) in [5.74, 6) is 0.329. The highest BCUT2D eigenvalue weighted by Crippen LogP contribution is 2.26. The van der Waals surface area contributed by atoms with Crippen molar-refractivity contribution in [3.8, 4) is 16.5 Å². The van der Waals surface area contributed by atoms with Gasteiger partial charge in [0.25, 0.3) is 11.9 Å². The Balaban J connectivity index is 1.57. The minimum absolute atomic E-state index is 0.109. The molecule has 0 spiro atoms. The van der Waals surface area contributed by atoms with Crippen molar-refractivity contribution in [2.45, 2.75) is 20.0 Å². The molecule has 8 nitrogen and oxygen atoms in total. The summed E-state index contributed by atoms with van der Waals surface area (Å²) in [5, 5.41) is 6.40. The fourth-order valence-electron chi connectivity index (χ4n) is 3.25. The molecule has 1 atom stereocenters. The molecule has 1 amide bonds. The molecule has 1 aliphatic rings. The average molecular weight is 414 g/mol. The molecule has 29 heavy (non-hydrogen) atoms. The van der Waals surface area contributed by atoms with E-state index in [1.54, 1.807) is 40.4 Å². The van der Waals surface area contributed by atoms with Crippen molar-refractivity contribution in [3.63, 3.8) is 0 Å². The number of ether oxygens (including phenoxy) is 2. The Labute approximate surface area is 173 Å². The molecule has 0 aliphatic carbocycles. The molecular formula is C20H23N5O3S. The highest BCUT2D eigenvalue weighted by atomic mass is 32.1. The molecule has 1 saturated heterocycles. The van der Waals surface area contributed by atoms with Crippen LogP contribution in [-0.2, 0) is 9.47 Å². The Bertz CT molecular complexity index is 996. The van der Waals surface area contributed by atoms with E-state index in [0.29, 0.717) is 43.6 Å². The Kier molecular flexibility index (Phi) is 5.70. The van der Waals surface area contributed by atoms with Gasteiger partial charge in [-0.05, 0) is 30.9 Å². The largest absolute Gasteiger partial charge is 0.376 e. The number of rotatable bonds is 5. The molecule has 0 aromatic carbocycles. The van der Waals surface area contributed by atoms with E-state index in [1.165, 1.54) is 0 Å². The molecule has 3 aromatic heterocycles. The lowest BCUT2D eigenvalue weighted by molar-refractivity contribution is -0.0933. The van der Waals surface area contributed by atoms with E-state index in [9.17, 15) is 4.79 Å². The highest BCUT2D eigenvalue weighted by Gasteiger charge is 2.24. The van der Waals surface area contributed by atoms with Crippen LogP contribution in [0.2, 0.25) is 0 Å². The molecule has 4 heterocycles. The number of carbonyl (C=O) groups is 1. The van der Waals surface area contributed by atoms with Gasteiger partial charge in [-0.25, -0.2) is 14.6 Å². The summed E-state index contributed by atoms with van der Waals surface area (Å²) in [6.07, 6.45) is 3.24. The molecule has 0 bridgehead atoms. The minimum atomic E-state index is -0.117. The van der Waals surface area contributed by atoms with E-state index in [1.807, 2.05) is 31.4 Å². The Hall–Kier alpha value is -2.62.